The summed E-state index contributed by atoms with van der Waals surface area (Å²) in [6, 6.07) is 9.85. The largest absolute Gasteiger partial charge is 0.468 e. The number of hydrogen-bond donors (Lipinski definition) is 0. The van der Waals surface area contributed by atoms with Crippen molar-refractivity contribution in [2.45, 2.75) is 42.8 Å². The highest BCUT2D eigenvalue weighted by atomic mass is 32.2. The van der Waals surface area contributed by atoms with Gasteiger partial charge in [-0.05, 0) is 38.7 Å². The highest BCUT2D eigenvalue weighted by Crippen LogP contribution is 2.28. The minimum Gasteiger partial charge on any atom is -0.468 e. The lowest BCUT2D eigenvalue weighted by molar-refractivity contribution is -0.141. The number of methoxy groups -OCH3 is 1. The molecule has 0 amide bonds. The maximum Gasteiger partial charge on any atom is 0.321 e. The average Bonchev–Trinajstić information content (AvgIpc) is 2.34. The summed E-state index contributed by atoms with van der Waals surface area (Å²) in [5.74, 6) is -0.236. The van der Waals surface area contributed by atoms with E-state index in [2.05, 4.69) is 19.6 Å². The summed E-state index contributed by atoms with van der Waals surface area (Å²) in [5.41, 5.74) is 0. The molecule has 0 radical (unpaired) electrons. The Morgan fingerprint density at radius 1 is 1.21 bits per heavy atom. The monoisotopic (exact) mass is 298 g/mol. The zero-order valence-electron chi connectivity index (χ0n) is 12.2. The molecule has 0 aliphatic rings. The summed E-state index contributed by atoms with van der Waals surface area (Å²) in [5, 5.41) is -0.334. The summed E-state index contributed by atoms with van der Waals surface area (Å²) in [7, 11) is -0.261. The molecule has 0 heterocycles. The van der Waals surface area contributed by atoms with E-state index >= 15 is 0 Å². The van der Waals surface area contributed by atoms with Crippen LogP contribution in [0.5, 0.6) is 0 Å². The lowest BCUT2D eigenvalue weighted by atomic mass is 10.3. The summed E-state index contributed by atoms with van der Waals surface area (Å²) in [6.45, 7) is 8.29. The number of hydrogen-bond acceptors (Lipinski definition) is 4. The van der Waals surface area contributed by atoms with E-state index in [4.69, 9.17) is 9.16 Å². The van der Waals surface area contributed by atoms with E-state index in [0.717, 1.165) is 4.90 Å². The molecule has 0 saturated carbocycles. The van der Waals surface area contributed by atoms with Crippen molar-refractivity contribution in [2.24, 2.45) is 0 Å². The smallest absolute Gasteiger partial charge is 0.321 e. The molecule has 0 N–H and O–H groups in total. The lowest BCUT2D eigenvalue weighted by Crippen LogP contribution is -2.39. The second-order valence-corrected chi connectivity index (χ2v) is 11.0. The first-order valence-electron chi connectivity index (χ1n) is 6.31. The zero-order chi connectivity index (χ0) is 14.5. The number of carbonyl (C=O) groups is 1. The van der Waals surface area contributed by atoms with Crippen LogP contribution >= 0.6 is 11.8 Å². The van der Waals surface area contributed by atoms with E-state index in [0.29, 0.717) is 0 Å². The van der Waals surface area contributed by atoms with Gasteiger partial charge in [0.05, 0.1) is 13.2 Å². The normalized spacial score (nSPS) is 14.8. The Labute approximate surface area is 120 Å². The van der Waals surface area contributed by atoms with Gasteiger partial charge in [-0.1, -0.05) is 18.2 Å². The van der Waals surface area contributed by atoms with Gasteiger partial charge in [0, 0.05) is 4.90 Å². The Kier molecular flexibility index (Phi) is 6.10. The second-order valence-electron chi connectivity index (χ2n) is 5.31. The molecule has 0 bridgehead atoms. The molecule has 0 aliphatic heterocycles. The highest BCUT2D eigenvalue weighted by molar-refractivity contribution is 8.00. The predicted octanol–water partition coefficient (Wildman–Crippen LogP) is 3.56. The van der Waals surface area contributed by atoms with Crippen LogP contribution in [-0.4, -0.2) is 32.8 Å². The Balaban J connectivity index is 2.80. The molecule has 0 unspecified atom stereocenters. The average molecular weight is 298 g/mol. The van der Waals surface area contributed by atoms with Crippen molar-refractivity contribution in [1.29, 1.82) is 0 Å². The first-order valence-corrected chi connectivity index (χ1v) is 10.6. The first kappa shape index (κ1) is 16.3. The topological polar surface area (TPSA) is 35.5 Å². The Bertz CT molecular complexity index is 403. The fourth-order valence-electron chi connectivity index (χ4n) is 1.72. The standard InChI is InChI=1S/C14H22O3SSi/c1-11(17-19(3,4)5)13(14(15)16-2)18-12-9-7-6-8-10-12/h6-11,13H,1-5H3/t11-,13-/m1/s1. The molecule has 106 valence electrons. The summed E-state index contributed by atoms with van der Waals surface area (Å²) in [4.78, 5) is 13.0. The molecule has 1 rings (SSSR count). The van der Waals surface area contributed by atoms with Crippen LogP contribution in [0.4, 0.5) is 0 Å². The molecule has 0 fully saturated rings. The van der Waals surface area contributed by atoms with E-state index in [1.54, 1.807) is 0 Å². The molecule has 1 aromatic carbocycles. The summed E-state index contributed by atoms with van der Waals surface area (Å²) < 4.78 is 10.9. The highest BCUT2D eigenvalue weighted by Gasteiger charge is 2.31. The number of benzene rings is 1. The van der Waals surface area contributed by atoms with E-state index in [1.165, 1.54) is 18.9 Å². The fraction of sp³-hybridized carbons (Fsp3) is 0.500. The first-order chi connectivity index (χ1) is 8.83. The summed E-state index contributed by atoms with van der Waals surface area (Å²) >= 11 is 1.49. The maximum atomic E-state index is 11.9. The van der Waals surface area contributed by atoms with Gasteiger partial charge in [0.2, 0.25) is 0 Å². The molecule has 2 atom stereocenters. The van der Waals surface area contributed by atoms with Crippen molar-refractivity contribution in [3.63, 3.8) is 0 Å². The number of thioether (sulfide) groups is 1. The van der Waals surface area contributed by atoms with E-state index in [1.807, 2.05) is 37.3 Å². The van der Waals surface area contributed by atoms with Crippen molar-refractivity contribution in [3.05, 3.63) is 30.3 Å². The Morgan fingerprint density at radius 3 is 2.26 bits per heavy atom. The minimum absolute atomic E-state index is 0.163. The number of carbonyl (C=O) groups excluding carboxylic acids is 1. The van der Waals surface area contributed by atoms with Crippen LogP contribution in [0.3, 0.4) is 0 Å². The van der Waals surface area contributed by atoms with E-state index < -0.39 is 8.32 Å². The molecular formula is C14H22O3SSi. The Hall–Kier alpha value is -0.783. The maximum absolute atomic E-state index is 11.9. The van der Waals surface area contributed by atoms with Crippen LogP contribution in [0, 0.1) is 0 Å². The van der Waals surface area contributed by atoms with Gasteiger partial charge in [-0.15, -0.1) is 11.8 Å². The molecule has 5 heteroatoms. The van der Waals surface area contributed by atoms with Crippen LogP contribution < -0.4 is 0 Å². The minimum atomic E-state index is -1.68. The third-order valence-electron chi connectivity index (χ3n) is 2.41. The predicted molar refractivity (Wildman–Crippen MR) is 82.0 cm³/mol. The van der Waals surface area contributed by atoms with Crippen LogP contribution in [0.25, 0.3) is 0 Å². The van der Waals surface area contributed by atoms with Gasteiger partial charge in [-0.3, -0.25) is 4.79 Å². The lowest BCUT2D eigenvalue weighted by Gasteiger charge is -2.28. The third kappa shape index (κ3) is 5.80. The van der Waals surface area contributed by atoms with E-state index in [-0.39, 0.29) is 17.3 Å². The zero-order valence-corrected chi connectivity index (χ0v) is 14.0. The van der Waals surface area contributed by atoms with Crippen LogP contribution in [0.1, 0.15) is 6.92 Å². The van der Waals surface area contributed by atoms with Gasteiger partial charge in [-0.25, -0.2) is 0 Å². The number of ether oxygens (including phenoxy) is 1. The molecule has 0 aliphatic carbocycles. The molecule has 0 saturated heterocycles. The van der Waals surface area contributed by atoms with Crippen molar-refractivity contribution in [3.8, 4) is 0 Å². The molecule has 0 spiro atoms. The van der Waals surface area contributed by atoms with Crippen LogP contribution in [0.2, 0.25) is 19.6 Å². The molecule has 1 aromatic rings. The number of esters is 1. The van der Waals surface area contributed by atoms with Crippen molar-refractivity contribution < 1.29 is 14.0 Å². The van der Waals surface area contributed by atoms with Gasteiger partial charge in [0.15, 0.2) is 8.32 Å². The van der Waals surface area contributed by atoms with Crippen LogP contribution in [-0.2, 0) is 14.0 Å². The molecule has 19 heavy (non-hydrogen) atoms. The van der Waals surface area contributed by atoms with Crippen LogP contribution in [0.15, 0.2) is 35.2 Å². The SMILES string of the molecule is COC(=O)[C@H](Sc1ccccc1)[C@@H](C)O[Si](C)(C)C. The van der Waals surface area contributed by atoms with Gasteiger partial charge < -0.3 is 9.16 Å². The fourth-order valence-corrected chi connectivity index (χ4v) is 4.11. The quantitative estimate of drug-likeness (QED) is 0.457. The van der Waals surface area contributed by atoms with Gasteiger partial charge in [0.1, 0.15) is 5.25 Å². The second kappa shape index (κ2) is 7.12. The van der Waals surface area contributed by atoms with Gasteiger partial charge >= 0.3 is 5.97 Å². The molecular weight excluding hydrogens is 276 g/mol. The van der Waals surface area contributed by atoms with Crippen molar-refractivity contribution in [1.82, 2.24) is 0 Å². The number of rotatable bonds is 6. The Morgan fingerprint density at radius 2 is 1.79 bits per heavy atom. The van der Waals surface area contributed by atoms with E-state index in [9.17, 15) is 4.79 Å². The molecule has 0 aromatic heterocycles. The third-order valence-corrected chi connectivity index (χ3v) is 4.86. The summed E-state index contributed by atoms with van der Waals surface area (Å²) in [6.07, 6.45) is -0.163. The van der Waals surface area contributed by atoms with Crippen molar-refractivity contribution in [2.75, 3.05) is 7.11 Å². The van der Waals surface area contributed by atoms with Gasteiger partial charge in [-0.2, -0.15) is 0 Å². The van der Waals surface area contributed by atoms with Gasteiger partial charge in [0.25, 0.3) is 0 Å². The van der Waals surface area contributed by atoms with Crippen molar-refractivity contribution >= 4 is 26.0 Å². The molecule has 3 nitrogen and oxygen atoms in total.